The summed E-state index contributed by atoms with van der Waals surface area (Å²) in [5.74, 6) is -0.0792. The average molecular weight is 429 g/mol. The van der Waals surface area contributed by atoms with Crippen LogP contribution < -0.4 is 10.6 Å². The van der Waals surface area contributed by atoms with Crippen LogP contribution in [0, 0.1) is 11.8 Å². The topological polar surface area (TPSA) is 84.9 Å². The maximum atomic E-state index is 12.9. The molecule has 0 saturated carbocycles. The number of halogens is 1. The summed E-state index contributed by atoms with van der Waals surface area (Å²) in [6, 6.07) is 2.16. The normalized spacial score (nSPS) is 27.1. The predicted molar refractivity (Wildman–Crippen MR) is 111 cm³/mol. The highest BCUT2D eigenvalue weighted by molar-refractivity contribution is 7.10. The number of hydrogen-bond acceptors (Lipinski definition) is 5. The Morgan fingerprint density at radius 1 is 1.29 bits per heavy atom. The SMILES string of the molecule is Cl.O=C(NCC1CNCC1O)C1CCCN(C(=O)N2CCc3sccc3C2)C1. The van der Waals surface area contributed by atoms with Gasteiger partial charge in [-0.25, -0.2) is 4.79 Å². The average Bonchev–Trinajstić information content (AvgIpc) is 3.33. The molecule has 4 rings (SSSR count). The molecule has 7 nitrogen and oxygen atoms in total. The van der Waals surface area contributed by atoms with Gasteiger partial charge in [-0.15, -0.1) is 23.7 Å². The summed E-state index contributed by atoms with van der Waals surface area (Å²) in [5.41, 5.74) is 1.26. The first kappa shape index (κ1) is 21.4. The zero-order valence-electron chi connectivity index (χ0n) is 15.9. The Bertz CT molecular complexity index is 700. The molecule has 0 radical (unpaired) electrons. The van der Waals surface area contributed by atoms with Gasteiger partial charge in [0.1, 0.15) is 0 Å². The van der Waals surface area contributed by atoms with E-state index in [-0.39, 0.29) is 36.2 Å². The van der Waals surface area contributed by atoms with Gasteiger partial charge in [0.25, 0.3) is 0 Å². The van der Waals surface area contributed by atoms with Gasteiger partial charge in [-0.05, 0) is 36.3 Å². The maximum absolute atomic E-state index is 12.9. The zero-order valence-corrected chi connectivity index (χ0v) is 17.6. The van der Waals surface area contributed by atoms with Crippen molar-refractivity contribution in [2.75, 3.05) is 39.3 Å². The third kappa shape index (κ3) is 4.62. The molecule has 0 aromatic carbocycles. The number of rotatable bonds is 3. The summed E-state index contributed by atoms with van der Waals surface area (Å²) in [4.78, 5) is 30.7. The molecule has 1 aromatic rings. The number of likely N-dealkylation sites (tertiary alicyclic amines) is 1. The van der Waals surface area contributed by atoms with E-state index in [0.29, 0.717) is 26.2 Å². The highest BCUT2D eigenvalue weighted by Crippen LogP contribution is 2.26. The number of nitrogens with zero attached hydrogens (tertiary/aromatic N) is 2. The number of thiophene rings is 1. The van der Waals surface area contributed by atoms with E-state index in [1.807, 2.05) is 9.80 Å². The van der Waals surface area contributed by atoms with Crippen LogP contribution in [0.5, 0.6) is 0 Å². The lowest BCUT2D eigenvalue weighted by molar-refractivity contribution is -0.126. The molecule has 2 fully saturated rings. The summed E-state index contributed by atoms with van der Waals surface area (Å²) >= 11 is 1.77. The Morgan fingerprint density at radius 3 is 2.93 bits per heavy atom. The van der Waals surface area contributed by atoms with Gasteiger partial charge in [-0.2, -0.15) is 0 Å². The fourth-order valence-corrected chi connectivity index (χ4v) is 5.17. The molecule has 28 heavy (non-hydrogen) atoms. The Balaban J connectivity index is 0.00000225. The van der Waals surface area contributed by atoms with E-state index < -0.39 is 6.10 Å². The van der Waals surface area contributed by atoms with E-state index in [1.165, 1.54) is 10.4 Å². The number of piperidine rings is 1. The van der Waals surface area contributed by atoms with Crippen molar-refractivity contribution < 1.29 is 14.7 Å². The molecule has 0 bridgehead atoms. The van der Waals surface area contributed by atoms with Crippen LogP contribution in [-0.2, 0) is 17.8 Å². The van der Waals surface area contributed by atoms with Crippen molar-refractivity contribution in [3.05, 3.63) is 21.9 Å². The van der Waals surface area contributed by atoms with Gasteiger partial charge in [0.05, 0.1) is 12.0 Å². The second-order valence-corrected chi connectivity index (χ2v) is 8.84. The van der Waals surface area contributed by atoms with Gasteiger partial charge in [-0.1, -0.05) is 0 Å². The molecule has 9 heteroatoms. The number of amides is 3. The van der Waals surface area contributed by atoms with E-state index in [9.17, 15) is 14.7 Å². The van der Waals surface area contributed by atoms with Crippen molar-refractivity contribution in [3.63, 3.8) is 0 Å². The molecule has 3 amide bonds. The molecule has 1 aromatic heterocycles. The molecule has 3 N–H and O–H groups in total. The molecule has 0 aliphatic carbocycles. The maximum Gasteiger partial charge on any atom is 0.320 e. The van der Waals surface area contributed by atoms with Gasteiger partial charge in [0, 0.05) is 56.6 Å². The molecule has 3 atom stereocenters. The lowest BCUT2D eigenvalue weighted by Crippen LogP contribution is -2.51. The number of carbonyl (C=O) groups excluding carboxylic acids is 2. The van der Waals surface area contributed by atoms with Crippen molar-refractivity contribution in [1.29, 1.82) is 0 Å². The van der Waals surface area contributed by atoms with Gasteiger partial charge in [-0.3, -0.25) is 4.79 Å². The number of aliphatic hydroxyl groups excluding tert-OH is 1. The molecule has 156 valence electrons. The molecule has 0 spiro atoms. The van der Waals surface area contributed by atoms with Crippen LogP contribution in [-0.4, -0.2) is 72.2 Å². The number of hydrogen-bond donors (Lipinski definition) is 3. The van der Waals surface area contributed by atoms with Crippen LogP contribution in [0.4, 0.5) is 4.79 Å². The monoisotopic (exact) mass is 428 g/mol. The van der Waals surface area contributed by atoms with Crippen LogP contribution in [0.3, 0.4) is 0 Å². The highest BCUT2D eigenvalue weighted by Gasteiger charge is 2.33. The van der Waals surface area contributed by atoms with Gasteiger partial charge in [0.15, 0.2) is 0 Å². The van der Waals surface area contributed by atoms with E-state index in [4.69, 9.17) is 0 Å². The molecule has 3 aliphatic heterocycles. The minimum absolute atomic E-state index is 0. The number of fused-ring (bicyclic) bond motifs is 1. The number of β-amino-alcohol motifs (C(OH)–C–C–N with tert-alkyl or cyclic N) is 1. The third-order valence-electron chi connectivity index (χ3n) is 5.98. The van der Waals surface area contributed by atoms with Gasteiger partial charge < -0.3 is 25.5 Å². The van der Waals surface area contributed by atoms with Crippen molar-refractivity contribution >= 4 is 35.7 Å². The minimum atomic E-state index is -0.393. The lowest BCUT2D eigenvalue weighted by Gasteiger charge is -2.37. The summed E-state index contributed by atoms with van der Waals surface area (Å²) in [5, 5.41) is 18.1. The second kappa shape index (κ2) is 9.43. The molecule has 2 saturated heterocycles. The summed E-state index contributed by atoms with van der Waals surface area (Å²) in [6.45, 7) is 4.46. The largest absolute Gasteiger partial charge is 0.391 e. The van der Waals surface area contributed by atoms with Crippen LogP contribution in [0.15, 0.2) is 11.4 Å². The number of carbonyl (C=O) groups is 2. The van der Waals surface area contributed by atoms with E-state index in [1.54, 1.807) is 11.3 Å². The predicted octanol–water partition coefficient (Wildman–Crippen LogP) is 1.06. The zero-order chi connectivity index (χ0) is 18.8. The molecule has 3 unspecified atom stereocenters. The Hall–Kier alpha value is -1.35. The quantitative estimate of drug-likeness (QED) is 0.672. The first-order chi connectivity index (χ1) is 13.1. The van der Waals surface area contributed by atoms with Gasteiger partial charge in [0.2, 0.25) is 5.91 Å². The van der Waals surface area contributed by atoms with E-state index >= 15 is 0 Å². The summed E-state index contributed by atoms with van der Waals surface area (Å²) in [7, 11) is 0. The van der Waals surface area contributed by atoms with Gasteiger partial charge >= 0.3 is 6.03 Å². The standard InChI is InChI=1S/C19H28N4O3S.ClH/c24-16-10-20-8-15(16)9-21-18(25)14-2-1-5-22(12-14)19(26)23-6-3-17-13(11-23)4-7-27-17;/h4,7,14-16,20,24H,1-3,5-6,8-12H2,(H,21,25);1H. The molecular weight excluding hydrogens is 400 g/mol. The van der Waals surface area contributed by atoms with Crippen molar-refractivity contribution in [2.45, 2.75) is 31.9 Å². The van der Waals surface area contributed by atoms with Crippen molar-refractivity contribution in [3.8, 4) is 0 Å². The van der Waals surface area contributed by atoms with E-state index in [2.05, 4.69) is 22.1 Å². The summed E-state index contributed by atoms with van der Waals surface area (Å²) < 4.78 is 0. The Labute approximate surface area is 175 Å². The third-order valence-corrected chi connectivity index (χ3v) is 7.01. The smallest absolute Gasteiger partial charge is 0.320 e. The molecular formula is C19H29ClN4O3S. The number of nitrogens with one attached hydrogen (secondary N) is 2. The van der Waals surface area contributed by atoms with Crippen molar-refractivity contribution in [2.24, 2.45) is 11.8 Å². The van der Waals surface area contributed by atoms with Crippen LogP contribution >= 0.6 is 23.7 Å². The highest BCUT2D eigenvalue weighted by atomic mass is 35.5. The Kier molecular flexibility index (Phi) is 7.20. The molecule has 4 heterocycles. The summed E-state index contributed by atoms with van der Waals surface area (Å²) in [6.07, 6.45) is 2.20. The Morgan fingerprint density at radius 2 is 2.14 bits per heavy atom. The molecule has 3 aliphatic rings. The minimum Gasteiger partial charge on any atom is -0.391 e. The first-order valence-corrected chi connectivity index (χ1v) is 10.8. The fraction of sp³-hybridized carbons (Fsp3) is 0.684. The van der Waals surface area contributed by atoms with Crippen LogP contribution in [0.1, 0.15) is 23.3 Å². The van der Waals surface area contributed by atoms with E-state index in [0.717, 1.165) is 38.9 Å². The van der Waals surface area contributed by atoms with Crippen LogP contribution in [0.25, 0.3) is 0 Å². The second-order valence-electron chi connectivity index (χ2n) is 7.84. The van der Waals surface area contributed by atoms with Crippen LogP contribution in [0.2, 0.25) is 0 Å². The lowest BCUT2D eigenvalue weighted by atomic mass is 9.96. The number of aliphatic hydroxyl groups is 1. The fourth-order valence-electron chi connectivity index (χ4n) is 4.28. The van der Waals surface area contributed by atoms with Crippen molar-refractivity contribution in [1.82, 2.24) is 20.4 Å². The first-order valence-electron chi connectivity index (χ1n) is 9.87. The number of urea groups is 1.